The zero-order valence-electron chi connectivity index (χ0n) is 8.78. The van der Waals surface area contributed by atoms with Crippen molar-refractivity contribution in [2.75, 3.05) is 11.0 Å². The minimum absolute atomic E-state index is 0.00374. The molecule has 0 fully saturated rings. The standard InChI is InChI=1S/C10H10ClIN2O3/c11-7-2-3-9(14(16)17)8(6-7)10(15)13-5-1-4-12/h2-3,6H,1,4-5H2,(H,13,15). The molecule has 0 bridgehead atoms. The third kappa shape index (κ3) is 4.12. The molecule has 1 rings (SSSR count). The highest BCUT2D eigenvalue weighted by molar-refractivity contribution is 14.1. The molecule has 0 heterocycles. The van der Waals surface area contributed by atoms with Gasteiger partial charge in [-0.05, 0) is 18.6 Å². The molecular weight excluding hydrogens is 358 g/mol. The average molecular weight is 369 g/mol. The molecule has 1 aromatic carbocycles. The van der Waals surface area contributed by atoms with Crippen LogP contribution < -0.4 is 5.32 Å². The van der Waals surface area contributed by atoms with Gasteiger partial charge in [-0.15, -0.1) is 0 Å². The van der Waals surface area contributed by atoms with Crippen molar-refractivity contribution in [3.05, 3.63) is 38.9 Å². The van der Waals surface area contributed by atoms with E-state index in [0.29, 0.717) is 11.6 Å². The van der Waals surface area contributed by atoms with Gasteiger partial charge in [-0.2, -0.15) is 0 Å². The first-order chi connectivity index (χ1) is 8.06. The van der Waals surface area contributed by atoms with Crippen LogP contribution in [-0.4, -0.2) is 21.8 Å². The minimum atomic E-state index is -0.594. The number of rotatable bonds is 5. The molecule has 0 saturated carbocycles. The van der Waals surface area contributed by atoms with Gasteiger partial charge in [0.25, 0.3) is 11.6 Å². The van der Waals surface area contributed by atoms with Crippen molar-refractivity contribution in [3.8, 4) is 0 Å². The summed E-state index contributed by atoms with van der Waals surface area (Å²) in [4.78, 5) is 21.9. The quantitative estimate of drug-likeness (QED) is 0.286. The summed E-state index contributed by atoms with van der Waals surface area (Å²) in [5.74, 6) is -0.468. The molecule has 7 heteroatoms. The van der Waals surface area contributed by atoms with Gasteiger partial charge in [-0.25, -0.2) is 0 Å². The second-order valence-electron chi connectivity index (χ2n) is 3.22. The number of halogens is 2. The molecule has 0 unspecified atom stereocenters. The molecule has 5 nitrogen and oxygen atoms in total. The van der Waals surface area contributed by atoms with Gasteiger partial charge in [0.1, 0.15) is 5.56 Å². The van der Waals surface area contributed by atoms with Crippen molar-refractivity contribution in [1.82, 2.24) is 5.32 Å². The van der Waals surface area contributed by atoms with Crippen molar-refractivity contribution in [1.29, 1.82) is 0 Å². The summed E-state index contributed by atoms with van der Waals surface area (Å²) in [7, 11) is 0. The molecule has 0 radical (unpaired) electrons. The first kappa shape index (κ1) is 14.2. The van der Waals surface area contributed by atoms with Crippen LogP contribution in [0.3, 0.4) is 0 Å². The highest BCUT2D eigenvalue weighted by Crippen LogP contribution is 2.22. The van der Waals surface area contributed by atoms with Crippen molar-refractivity contribution >= 4 is 45.8 Å². The maximum Gasteiger partial charge on any atom is 0.282 e. The number of amides is 1. The van der Waals surface area contributed by atoms with E-state index in [1.165, 1.54) is 18.2 Å². The van der Waals surface area contributed by atoms with Crippen molar-refractivity contribution in [2.45, 2.75) is 6.42 Å². The van der Waals surface area contributed by atoms with Crippen LogP contribution in [0.2, 0.25) is 5.02 Å². The fourth-order valence-corrected chi connectivity index (χ4v) is 1.77. The van der Waals surface area contributed by atoms with Gasteiger partial charge in [-0.1, -0.05) is 34.2 Å². The van der Waals surface area contributed by atoms with Gasteiger partial charge in [-0.3, -0.25) is 14.9 Å². The van der Waals surface area contributed by atoms with E-state index in [0.717, 1.165) is 10.8 Å². The highest BCUT2D eigenvalue weighted by atomic mass is 127. The van der Waals surface area contributed by atoms with Crippen molar-refractivity contribution in [3.63, 3.8) is 0 Å². The Kier molecular flexibility index (Phi) is 5.63. The van der Waals surface area contributed by atoms with E-state index in [1.54, 1.807) is 0 Å². The number of hydrogen-bond acceptors (Lipinski definition) is 3. The Morgan fingerprint density at radius 2 is 2.24 bits per heavy atom. The van der Waals surface area contributed by atoms with Crippen molar-refractivity contribution < 1.29 is 9.72 Å². The lowest BCUT2D eigenvalue weighted by Crippen LogP contribution is -2.25. The predicted molar refractivity (Wildman–Crippen MR) is 73.9 cm³/mol. The van der Waals surface area contributed by atoms with E-state index in [-0.39, 0.29) is 11.3 Å². The minimum Gasteiger partial charge on any atom is -0.352 e. The summed E-state index contributed by atoms with van der Waals surface area (Å²) in [5.41, 5.74) is -0.239. The van der Waals surface area contributed by atoms with Gasteiger partial charge in [0, 0.05) is 22.1 Å². The zero-order chi connectivity index (χ0) is 12.8. The van der Waals surface area contributed by atoms with Crippen LogP contribution in [0.5, 0.6) is 0 Å². The molecular formula is C10H10ClIN2O3. The molecule has 0 aromatic heterocycles. The first-order valence-electron chi connectivity index (χ1n) is 4.84. The number of carbonyl (C=O) groups is 1. The van der Waals surface area contributed by atoms with E-state index >= 15 is 0 Å². The molecule has 0 atom stereocenters. The maximum atomic E-state index is 11.7. The number of alkyl halides is 1. The fourth-order valence-electron chi connectivity index (χ4n) is 1.21. The summed E-state index contributed by atoms with van der Waals surface area (Å²) < 4.78 is 0.912. The lowest BCUT2D eigenvalue weighted by molar-refractivity contribution is -0.385. The molecule has 0 saturated heterocycles. The third-order valence-electron chi connectivity index (χ3n) is 2.00. The molecule has 0 aliphatic heterocycles. The van der Waals surface area contributed by atoms with E-state index in [9.17, 15) is 14.9 Å². The number of nitro groups is 1. The monoisotopic (exact) mass is 368 g/mol. The third-order valence-corrected chi connectivity index (χ3v) is 2.99. The molecule has 92 valence electrons. The SMILES string of the molecule is O=C(NCCCI)c1cc(Cl)ccc1[N+](=O)[O-]. The number of benzene rings is 1. The molecule has 1 amide bonds. The van der Waals surface area contributed by atoms with E-state index in [2.05, 4.69) is 27.9 Å². The molecule has 0 aliphatic carbocycles. The zero-order valence-corrected chi connectivity index (χ0v) is 11.7. The average Bonchev–Trinajstić information content (AvgIpc) is 2.28. The topological polar surface area (TPSA) is 72.2 Å². The fraction of sp³-hybridized carbons (Fsp3) is 0.300. The van der Waals surface area contributed by atoms with Crippen LogP contribution in [0.4, 0.5) is 5.69 Å². The Bertz CT molecular complexity index is 440. The number of nitrogens with one attached hydrogen (secondary N) is 1. The van der Waals surface area contributed by atoms with Crippen LogP contribution in [0.25, 0.3) is 0 Å². The van der Waals surface area contributed by atoms with E-state index in [4.69, 9.17) is 11.6 Å². The Hall–Kier alpha value is -0.890. The maximum absolute atomic E-state index is 11.7. The van der Waals surface area contributed by atoms with Crippen LogP contribution in [0.15, 0.2) is 18.2 Å². The summed E-state index contributed by atoms with van der Waals surface area (Å²) in [6.45, 7) is 0.492. The largest absolute Gasteiger partial charge is 0.352 e. The second-order valence-corrected chi connectivity index (χ2v) is 4.73. The Labute approximate surface area is 117 Å². The lowest BCUT2D eigenvalue weighted by atomic mass is 10.1. The first-order valence-corrected chi connectivity index (χ1v) is 6.74. The summed E-state index contributed by atoms with van der Waals surface area (Å²) in [6.07, 6.45) is 0.820. The number of nitro benzene ring substituents is 1. The van der Waals surface area contributed by atoms with Gasteiger partial charge in [0.05, 0.1) is 4.92 Å². The second kappa shape index (κ2) is 6.75. The van der Waals surface area contributed by atoms with Gasteiger partial charge in [0.15, 0.2) is 0 Å². The van der Waals surface area contributed by atoms with Gasteiger partial charge in [0.2, 0.25) is 0 Å². The van der Waals surface area contributed by atoms with Crippen LogP contribution in [-0.2, 0) is 0 Å². The van der Waals surface area contributed by atoms with E-state index in [1.807, 2.05) is 0 Å². The van der Waals surface area contributed by atoms with Crippen LogP contribution in [0.1, 0.15) is 16.8 Å². The Morgan fingerprint density at radius 1 is 1.53 bits per heavy atom. The van der Waals surface area contributed by atoms with Crippen LogP contribution >= 0.6 is 34.2 Å². The van der Waals surface area contributed by atoms with Crippen LogP contribution in [0, 0.1) is 10.1 Å². The molecule has 1 N–H and O–H groups in total. The van der Waals surface area contributed by atoms with Crippen molar-refractivity contribution in [2.24, 2.45) is 0 Å². The molecule has 1 aromatic rings. The van der Waals surface area contributed by atoms with Gasteiger partial charge < -0.3 is 5.32 Å². The molecule has 0 aliphatic rings. The smallest absolute Gasteiger partial charge is 0.282 e. The highest BCUT2D eigenvalue weighted by Gasteiger charge is 2.19. The predicted octanol–water partition coefficient (Wildman–Crippen LogP) is 2.80. The molecule has 17 heavy (non-hydrogen) atoms. The number of carbonyl (C=O) groups excluding carboxylic acids is 1. The number of hydrogen-bond donors (Lipinski definition) is 1. The summed E-state index contributed by atoms with van der Waals surface area (Å²) >= 11 is 7.91. The normalized spacial score (nSPS) is 10.0. The Balaban J connectivity index is 2.90. The van der Waals surface area contributed by atoms with E-state index < -0.39 is 10.8 Å². The molecule has 0 spiro atoms. The Morgan fingerprint density at radius 3 is 2.82 bits per heavy atom. The summed E-state index contributed by atoms with van der Waals surface area (Å²) in [6, 6.07) is 3.93. The van der Waals surface area contributed by atoms with Gasteiger partial charge >= 0.3 is 0 Å². The number of nitrogens with zero attached hydrogens (tertiary/aromatic N) is 1. The lowest BCUT2D eigenvalue weighted by Gasteiger charge is -2.05. The summed E-state index contributed by atoms with van der Waals surface area (Å²) in [5, 5.41) is 13.7.